The summed E-state index contributed by atoms with van der Waals surface area (Å²) >= 11 is 0. The van der Waals surface area contributed by atoms with Gasteiger partial charge in [0.1, 0.15) is 22.0 Å². The first-order chi connectivity index (χ1) is 16.9. The maximum atomic E-state index is 12.1. The summed E-state index contributed by atoms with van der Waals surface area (Å²) in [7, 11) is -4.67. The molecule has 0 fully saturated rings. The summed E-state index contributed by atoms with van der Waals surface area (Å²) in [4.78, 5) is 35.1. The van der Waals surface area contributed by atoms with Crippen molar-refractivity contribution >= 4 is 33.0 Å². The quantitative estimate of drug-likeness (QED) is 0.201. The number of phenols is 1. The van der Waals surface area contributed by atoms with Crippen LogP contribution in [0.3, 0.4) is 0 Å². The molecule has 0 amide bonds. The van der Waals surface area contributed by atoms with Crippen LogP contribution in [0.25, 0.3) is 33.4 Å². The maximum Gasteiger partial charge on any atom is 0.317 e. The van der Waals surface area contributed by atoms with Crippen LogP contribution in [-0.2, 0) is 26.3 Å². The van der Waals surface area contributed by atoms with Crippen molar-refractivity contribution in [2.24, 2.45) is 0 Å². The zero-order valence-electron chi connectivity index (χ0n) is 18.4. The van der Waals surface area contributed by atoms with Crippen molar-refractivity contribution in [3.05, 3.63) is 70.4 Å². The van der Waals surface area contributed by atoms with Gasteiger partial charge in [0, 0.05) is 46.3 Å². The van der Waals surface area contributed by atoms with Crippen LogP contribution in [0.5, 0.6) is 5.75 Å². The van der Waals surface area contributed by atoms with Crippen molar-refractivity contribution < 1.29 is 42.3 Å². The number of hydrogen-bond donors (Lipinski definition) is 4. The molecule has 2 aliphatic rings. The lowest BCUT2D eigenvalue weighted by molar-refractivity contribution is -0.142. The summed E-state index contributed by atoms with van der Waals surface area (Å²) in [6.45, 7) is -1.50. The van der Waals surface area contributed by atoms with Gasteiger partial charge in [0.25, 0.3) is 10.1 Å². The van der Waals surface area contributed by atoms with E-state index in [4.69, 9.17) is 14.6 Å². The van der Waals surface area contributed by atoms with Crippen LogP contribution in [0.1, 0.15) is 5.56 Å². The van der Waals surface area contributed by atoms with E-state index in [9.17, 15) is 32.5 Å². The van der Waals surface area contributed by atoms with Crippen molar-refractivity contribution in [2.75, 3.05) is 13.1 Å². The molecule has 4 rings (SSSR count). The zero-order valence-corrected chi connectivity index (χ0v) is 19.2. The lowest BCUT2D eigenvalue weighted by atomic mass is 9.92. The number of hydrogen-bond acceptors (Lipinski definition) is 8. The second-order valence-corrected chi connectivity index (χ2v) is 9.41. The minimum Gasteiger partial charge on any atom is -0.507 e. The van der Waals surface area contributed by atoms with Crippen molar-refractivity contribution in [3.8, 4) is 28.2 Å². The molecule has 0 radical (unpaired) electrons. The monoisotopic (exact) mass is 513 g/mol. The van der Waals surface area contributed by atoms with E-state index in [1.54, 1.807) is 6.07 Å². The number of aromatic hydroxyl groups is 1. The Balaban J connectivity index is 2.04. The number of rotatable bonds is 8. The fraction of sp³-hybridized carbons (Fsp3) is 0.125. The third kappa shape index (κ3) is 5.05. The molecule has 0 atom stereocenters. The lowest BCUT2D eigenvalue weighted by Gasteiger charge is -2.21. The van der Waals surface area contributed by atoms with E-state index in [0.29, 0.717) is 5.56 Å². The Morgan fingerprint density at radius 3 is 2.22 bits per heavy atom. The van der Waals surface area contributed by atoms with E-state index in [2.05, 4.69) is 0 Å². The largest absolute Gasteiger partial charge is 0.507 e. The molecule has 0 unspecified atom stereocenters. The molecule has 2 aromatic rings. The molecular weight excluding hydrogens is 494 g/mol. The number of fused-ring (bicyclic) bond motifs is 2. The molecule has 36 heavy (non-hydrogen) atoms. The topological polar surface area (TPSA) is 183 Å². The Morgan fingerprint density at radius 1 is 0.917 bits per heavy atom. The molecule has 0 bridgehead atoms. The highest BCUT2D eigenvalue weighted by atomic mass is 32.2. The predicted molar refractivity (Wildman–Crippen MR) is 127 cm³/mol. The Morgan fingerprint density at radius 2 is 1.58 bits per heavy atom. The van der Waals surface area contributed by atoms with Gasteiger partial charge in [-0.25, -0.2) is 0 Å². The number of nitrogens with zero attached hydrogens (tertiary/aromatic N) is 1. The summed E-state index contributed by atoms with van der Waals surface area (Å²) in [6.07, 6.45) is 0. The first-order valence-corrected chi connectivity index (χ1v) is 11.8. The minimum atomic E-state index is -4.67. The molecule has 1 aliphatic carbocycles. The third-order valence-corrected chi connectivity index (χ3v) is 6.35. The summed E-state index contributed by atoms with van der Waals surface area (Å²) in [6, 6.07) is 12.2. The fourth-order valence-corrected chi connectivity index (χ4v) is 4.76. The molecule has 4 N–H and O–H groups in total. The van der Waals surface area contributed by atoms with E-state index in [-0.39, 0.29) is 51.1 Å². The fourth-order valence-electron chi connectivity index (χ4n) is 4.06. The number of aliphatic carboxylic acids is 2. The maximum absolute atomic E-state index is 12.1. The van der Waals surface area contributed by atoms with Gasteiger partial charge in [-0.15, -0.1) is 0 Å². The van der Waals surface area contributed by atoms with E-state index >= 15 is 0 Å². The highest BCUT2D eigenvalue weighted by Crippen LogP contribution is 2.43. The molecule has 1 heterocycles. The van der Waals surface area contributed by atoms with Crippen molar-refractivity contribution in [1.82, 2.24) is 4.90 Å². The van der Waals surface area contributed by atoms with Crippen LogP contribution >= 0.6 is 0 Å². The molecule has 1 aliphatic heterocycles. The number of benzene rings is 3. The minimum absolute atomic E-state index is 0.0671. The smallest absolute Gasteiger partial charge is 0.317 e. The van der Waals surface area contributed by atoms with Gasteiger partial charge in [0.15, 0.2) is 5.43 Å². The molecule has 11 nitrogen and oxygen atoms in total. The second-order valence-electron chi connectivity index (χ2n) is 8.02. The number of carboxylic acid groups (broad SMARTS) is 2. The zero-order chi connectivity index (χ0) is 26.2. The van der Waals surface area contributed by atoms with Crippen molar-refractivity contribution in [3.63, 3.8) is 0 Å². The predicted octanol–water partition coefficient (Wildman–Crippen LogP) is 2.49. The van der Waals surface area contributed by atoms with Gasteiger partial charge < -0.3 is 19.7 Å². The van der Waals surface area contributed by atoms with Crippen LogP contribution in [0.2, 0.25) is 0 Å². The van der Waals surface area contributed by atoms with Crippen LogP contribution < -0.4 is 5.43 Å². The van der Waals surface area contributed by atoms with Gasteiger partial charge in [0.2, 0.25) is 0 Å². The lowest BCUT2D eigenvalue weighted by Crippen LogP contribution is -2.34. The Labute approximate surface area is 203 Å². The molecule has 0 saturated heterocycles. The third-order valence-electron chi connectivity index (χ3n) is 5.44. The Bertz CT molecular complexity index is 1620. The van der Waals surface area contributed by atoms with Crippen LogP contribution in [0.4, 0.5) is 0 Å². The number of carboxylic acids is 2. The summed E-state index contributed by atoms with van der Waals surface area (Å²) in [5, 5.41) is 29.2. The van der Waals surface area contributed by atoms with E-state index < -0.39 is 40.0 Å². The normalized spacial score (nSPS) is 11.8. The Hall–Kier alpha value is -4.26. The van der Waals surface area contributed by atoms with Crippen LogP contribution in [0, 0.1) is 0 Å². The van der Waals surface area contributed by atoms with E-state index in [1.165, 1.54) is 48.5 Å². The van der Waals surface area contributed by atoms with E-state index in [0.717, 1.165) is 4.90 Å². The van der Waals surface area contributed by atoms with Gasteiger partial charge in [-0.2, -0.15) is 8.42 Å². The molecule has 186 valence electrons. The number of phenolic OH excluding ortho intramolecular Hbond substituents is 1. The highest BCUT2D eigenvalue weighted by molar-refractivity contribution is 7.86. The number of carbonyl (C=O) groups is 2. The molecule has 12 heteroatoms. The average molecular weight is 513 g/mol. The molecule has 0 aromatic heterocycles. The molecule has 2 aromatic carbocycles. The van der Waals surface area contributed by atoms with Gasteiger partial charge in [-0.1, -0.05) is 18.2 Å². The van der Waals surface area contributed by atoms with E-state index in [1.807, 2.05) is 0 Å². The first kappa shape index (κ1) is 24.9. The Kier molecular flexibility index (Phi) is 6.50. The molecule has 0 saturated carbocycles. The van der Waals surface area contributed by atoms with Crippen molar-refractivity contribution in [2.45, 2.75) is 11.4 Å². The summed E-state index contributed by atoms with van der Waals surface area (Å²) in [5.74, 6) is -2.78. The first-order valence-electron chi connectivity index (χ1n) is 10.4. The molecule has 0 spiro atoms. The SMILES string of the molecule is O=C(O)CN(CC(=O)O)Cc1cc2c(-c3ccccc3S(=O)(=O)O)c3ccc(=O)cc-3oc2cc1O. The van der Waals surface area contributed by atoms with Crippen LogP contribution in [0.15, 0.2) is 68.7 Å². The second kappa shape index (κ2) is 9.41. The summed E-state index contributed by atoms with van der Waals surface area (Å²) in [5.41, 5.74) is 0.530. The molecular formula is C24H19NO10S. The van der Waals surface area contributed by atoms with Gasteiger partial charge >= 0.3 is 11.9 Å². The summed E-state index contributed by atoms with van der Waals surface area (Å²) < 4.78 is 40.0. The van der Waals surface area contributed by atoms with Gasteiger partial charge in [0.05, 0.1) is 13.1 Å². The highest BCUT2D eigenvalue weighted by Gasteiger charge is 2.25. The van der Waals surface area contributed by atoms with Gasteiger partial charge in [-0.3, -0.25) is 23.8 Å². The average Bonchev–Trinajstić information content (AvgIpc) is 2.76. The standard InChI is InChI=1S/C24H19NO10S/c26-14-5-6-15-19(8-14)35-20-9-18(27)13(10-25(11-22(28)29)12-23(30)31)7-17(20)24(15)16-3-1-2-4-21(16)36(32,33)34/h1-9,27H,10-12H2,(H,28,29)(H,30,31)(H,32,33,34). The van der Waals surface area contributed by atoms with Crippen LogP contribution in [-0.4, -0.2) is 58.2 Å². The van der Waals surface area contributed by atoms with Crippen molar-refractivity contribution in [1.29, 1.82) is 0 Å². The van der Waals surface area contributed by atoms with Gasteiger partial charge in [-0.05, 0) is 24.3 Å².